The third kappa shape index (κ3) is 4.37. The standard InChI is InChI=1S/C20H23FN2O2/c1-2-14-5-3-4-6-18(14)22-20(25)23(17-11-12-17)13-19(24)15-7-9-16(21)10-8-15/h3-10,17,19,24H,2,11-13H2,1H3,(H,22,25). The van der Waals surface area contributed by atoms with E-state index in [0.717, 1.165) is 30.5 Å². The number of nitrogens with zero attached hydrogens (tertiary/aromatic N) is 1. The van der Waals surface area contributed by atoms with Gasteiger partial charge in [-0.25, -0.2) is 9.18 Å². The van der Waals surface area contributed by atoms with E-state index in [9.17, 15) is 14.3 Å². The lowest BCUT2D eigenvalue weighted by atomic mass is 10.1. The second-order valence-electron chi connectivity index (χ2n) is 6.39. The summed E-state index contributed by atoms with van der Waals surface area (Å²) in [6, 6.07) is 13.4. The van der Waals surface area contributed by atoms with Crippen molar-refractivity contribution in [2.24, 2.45) is 0 Å². The summed E-state index contributed by atoms with van der Waals surface area (Å²) >= 11 is 0. The molecule has 25 heavy (non-hydrogen) atoms. The molecule has 2 amide bonds. The lowest BCUT2D eigenvalue weighted by molar-refractivity contribution is 0.123. The van der Waals surface area contributed by atoms with Crippen LogP contribution in [0.3, 0.4) is 0 Å². The number of aryl methyl sites for hydroxylation is 1. The Morgan fingerprint density at radius 2 is 1.92 bits per heavy atom. The van der Waals surface area contributed by atoms with E-state index in [2.05, 4.69) is 5.32 Å². The molecule has 2 N–H and O–H groups in total. The van der Waals surface area contributed by atoms with E-state index >= 15 is 0 Å². The maximum atomic E-state index is 13.0. The van der Waals surface area contributed by atoms with Crippen molar-refractivity contribution in [2.75, 3.05) is 11.9 Å². The molecule has 1 saturated carbocycles. The Labute approximate surface area is 147 Å². The topological polar surface area (TPSA) is 52.6 Å². The minimum atomic E-state index is -0.839. The van der Waals surface area contributed by atoms with Crippen LogP contribution in [0.5, 0.6) is 0 Å². The average Bonchev–Trinajstić information content (AvgIpc) is 3.45. The Kier molecular flexibility index (Phi) is 5.34. The molecule has 0 aliphatic heterocycles. The second-order valence-corrected chi connectivity index (χ2v) is 6.39. The molecule has 1 atom stereocenters. The van der Waals surface area contributed by atoms with Gasteiger partial charge in [-0.15, -0.1) is 0 Å². The number of aliphatic hydroxyl groups is 1. The molecule has 0 saturated heterocycles. The average molecular weight is 342 g/mol. The maximum Gasteiger partial charge on any atom is 0.322 e. The van der Waals surface area contributed by atoms with Crippen molar-refractivity contribution < 1.29 is 14.3 Å². The zero-order chi connectivity index (χ0) is 17.8. The largest absolute Gasteiger partial charge is 0.387 e. The van der Waals surface area contributed by atoms with E-state index in [1.807, 2.05) is 31.2 Å². The molecule has 0 spiro atoms. The lowest BCUT2D eigenvalue weighted by Crippen LogP contribution is -2.39. The first kappa shape index (κ1) is 17.4. The van der Waals surface area contributed by atoms with Crippen LogP contribution in [0.15, 0.2) is 48.5 Å². The fourth-order valence-corrected chi connectivity index (χ4v) is 2.90. The van der Waals surface area contributed by atoms with Crippen molar-refractivity contribution in [3.05, 3.63) is 65.5 Å². The number of para-hydroxylation sites is 1. The molecular weight excluding hydrogens is 319 g/mol. The normalized spacial score (nSPS) is 14.8. The Hall–Kier alpha value is -2.40. The van der Waals surface area contributed by atoms with Crippen molar-refractivity contribution in [3.8, 4) is 0 Å². The molecule has 1 unspecified atom stereocenters. The van der Waals surface area contributed by atoms with Crippen LogP contribution in [-0.2, 0) is 6.42 Å². The molecule has 0 heterocycles. The summed E-state index contributed by atoms with van der Waals surface area (Å²) in [6.07, 6.45) is 1.88. The second kappa shape index (κ2) is 7.66. The molecule has 0 radical (unpaired) electrons. The zero-order valence-electron chi connectivity index (χ0n) is 14.3. The summed E-state index contributed by atoms with van der Waals surface area (Å²) in [5.74, 6) is -0.344. The van der Waals surface area contributed by atoms with Gasteiger partial charge < -0.3 is 15.3 Å². The molecule has 1 fully saturated rings. The molecule has 3 rings (SSSR count). The number of carbonyl (C=O) groups excluding carboxylic acids is 1. The number of aliphatic hydroxyl groups excluding tert-OH is 1. The van der Waals surface area contributed by atoms with Gasteiger partial charge in [-0.05, 0) is 48.6 Å². The Balaban J connectivity index is 1.70. The number of anilines is 1. The summed E-state index contributed by atoms with van der Waals surface area (Å²) in [6.45, 7) is 2.23. The molecule has 1 aliphatic rings. The van der Waals surface area contributed by atoms with Crippen LogP contribution >= 0.6 is 0 Å². The number of nitrogens with one attached hydrogen (secondary N) is 1. The number of hydrogen-bond acceptors (Lipinski definition) is 2. The van der Waals surface area contributed by atoms with Gasteiger partial charge in [-0.2, -0.15) is 0 Å². The van der Waals surface area contributed by atoms with Gasteiger partial charge >= 0.3 is 6.03 Å². The number of halogens is 1. The Morgan fingerprint density at radius 3 is 2.56 bits per heavy atom. The zero-order valence-corrected chi connectivity index (χ0v) is 14.3. The summed E-state index contributed by atoms with van der Waals surface area (Å²) < 4.78 is 13.0. The van der Waals surface area contributed by atoms with Gasteiger partial charge in [0.15, 0.2) is 0 Å². The van der Waals surface area contributed by atoms with E-state index in [1.165, 1.54) is 12.1 Å². The highest BCUT2D eigenvalue weighted by Crippen LogP contribution is 2.30. The van der Waals surface area contributed by atoms with Crippen molar-refractivity contribution in [3.63, 3.8) is 0 Å². The molecule has 0 aromatic heterocycles. The molecule has 4 nitrogen and oxygen atoms in total. The van der Waals surface area contributed by atoms with E-state index in [0.29, 0.717) is 5.56 Å². The first-order chi connectivity index (χ1) is 12.1. The van der Waals surface area contributed by atoms with Gasteiger partial charge in [0.2, 0.25) is 0 Å². The highest BCUT2D eigenvalue weighted by Gasteiger charge is 2.34. The number of carbonyl (C=O) groups is 1. The summed E-state index contributed by atoms with van der Waals surface area (Å²) in [4.78, 5) is 14.4. The number of amides is 2. The highest BCUT2D eigenvalue weighted by molar-refractivity contribution is 5.90. The van der Waals surface area contributed by atoms with Gasteiger partial charge in [0.05, 0.1) is 12.6 Å². The van der Waals surface area contributed by atoms with Gasteiger partial charge in [-0.3, -0.25) is 0 Å². The van der Waals surface area contributed by atoms with Gasteiger partial charge in [0.25, 0.3) is 0 Å². The van der Waals surface area contributed by atoms with E-state index < -0.39 is 6.10 Å². The van der Waals surface area contributed by atoms with Crippen molar-refractivity contribution >= 4 is 11.7 Å². The quantitative estimate of drug-likeness (QED) is 0.830. The number of hydrogen-bond donors (Lipinski definition) is 2. The molecule has 2 aromatic carbocycles. The molecule has 5 heteroatoms. The number of rotatable bonds is 6. The molecule has 2 aromatic rings. The molecule has 132 valence electrons. The monoisotopic (exact) mass is 342 g/mol. The summed E-state index contributed by atoms with van der Waals surface area (Å²) in [5.41, 5.74) is 2.48. The maximum absolute atomic E-state index is 13.0. The first-order valence-corrected chi connectivity index (χ1v) is 8.67. The minimum Gasteiger partial charge on any atom is -0.387 e. The molecule has 1 aliphatic carbocycles. The van der Waals surface area contributed by atoms with E-state index in [1.54, 1.807) is 17.0 Å². The van der Waals surface area contributed by atoms with Crippen molar-refractivity contribution in [2.45, 2.75) is 38.3 Å². The highest BCUT2D eigenvalue weighted by atomic mass is 19.1. The van der Waals surface area contributed by atoms with Gasteiger partial charge in [0.1, 0.15) is 5.82 Å². The van der Waals surface area contributed by atoms with Crippen LogP contribution in [0.1, 0.15) is 37.0 Å². The first-order valence-electron chi connectivity index (χ1n) is 8.67. The van der Waals surface area contributed by atoms with Crippen LogP contribution in [0.2, 0.25) is 0 Å². The number of benzene rings is 2. The van der Waals surface area contributed by atoms with Crippen molar-refractivity contribution in [1.29, 1.82) is 0 Å². The van der Waals surface area contributed by atoms with Crippen LogP contribution in [-0.4, -0.2) is 28.6 Å². The van der Waals surface area contributed by atoms with Crippen LogP contribution in [0.25, 0.3) is 0 Å². The fourth-order valence-electron chi connectivity index (χ4n) is 2.90. The molecular formula is C20H23FN2O2. The van der Waals surface area contributed by atoms with Gasteiger partial charge in [0, 0.05) is 11.7 Å². The predicted molar refractivity (Wildman–Crippen MR) is 95.9 cm³/mol. The lowest BCUT2D eigenvalue weighted by Gasteiger charge is -2.26. The van der Waals surface area contributed by atoms with E-state index in [4.69, 9.17) is 0 Å². The SMILES string of the molecule is CCc1ccccc1NC(=O)N(CC(O)c1ccc(F)cc1)C1CC1. The fraction of sp³-hybridized carbons (Fsp3) is 0.350. The Bertz CT molecular complexity index is 729. The Morgan fingerprint density at radius 1 is 1.24 bits per heavy atom. The smallest absolute Gasteiger partial charge is 0.322 e. The third-order valence-electron chi connectivity index (χ3n) is 4.51. The van der Waals surface area contributed by atoms with Crippen LogP contribution in [0.4, 0.5) is 14.9 Å². The van der Waals surface area contributed by atoms with E-state index in [-0.39, 0.29) is 24.4 Å². The third-order valence-corrected chi connectivity index (χ3v) is 4.51. The predicted octanol–water partition coefficient (Wildman–Crippen LogP) is 4.12. The number of urea groups is 1. The van der Waals surface area contributed by atoms with Gasteiger partial charge in [-0.1, -0.05) is 37.3 Å². The summed E-state index contributed by atoms with van der Waals surface area (Å²) in [5, 5.41) is 13.4. The van der Waals surface area contributed by atoms with Crippen molar-refractivity contribution in [1.82, 2.24) is 4.90 Å². The van der Waals surface area contributed by atoms with Crippen LogP contribution < -0.4 is 5.32 Å². The summed E-state index contributed by atoms with van der Waals surface area (Å²) in [7, 11) is 0. The molecule has 0 bridgehead atoms. The minimum absolute atomic E-state index is 0.156. The van der Waals surface area contributed by atoms with Crippen LogP contribution in [0, 0.1) is 5.82 Å².